The lowest BCUT2D eigenvalue weighted by Crippen LogP contribution is -2.08. The van der Waals surface area contributed by atoms with Gasteiger partial charge in [0.05, 0.1) is 13.0 Å². The molecule has 0 unspecified atom stereocenters. The van der Waals surface area contributed by atoms with E-state index < -0.39 is 0 Å². The minimum atomic E-state index is -0.183. The van der Waals surface area contributed by atoms with Gasteiger partial charge >= 0.3 is 5.97 Å². The summed E-state index contributed by atoms with van der Waals surface area (Å²) in [7, 11) is 0. The van der Waals surface area contributed by atoms with E-state index in [9.17, 15) is 4.79 Å². The van der Waals surface area contributed by atoms with Crippen LogP contribution in [0.3, 0.4) is 0 Å². The van der Waals surface area contributed by atoms with Gasteiger partial charge in [-0.3, -0.25) is 4.79 Å². The van der Waals surface area contributed by atoms with Crippen LogP contribution in [-0.4, -0.2) is 17.6 Å². The lowest BCUT2D eigenvalue weighted by Gasteiger charge is -2.00. The Kier molecular flexibility index (Phi) is 2.95. The van der Waals surface area contributed by atoms with Gasteiger partial charge in [-0.2, -0.15) is 0 Å². The highest BCUT2D eigenvalue weighted by Gasteiger charge is 2.11. The van der Waals surface area contributed by atoms with Gasteiger partial charge in [0.25, 0.3) is 0 Å². The standard InChI is InChI=1S/C13H15NO2/c1-3-16-13(15)8-12-9(2)10-6-4-5-7-11(10)14-12/h4-7,14H,3,8H2,1-2H3. The molecule has 0 aliphatic carbocycles. The Morgan fingerprint density at radius 2 is 2.12 bits per heavy atom. The number of H-pyrrole nitrogens is 1. The van der Waals surface area contributed by atoms with E-state index in [-0.39, 0.29) is 5.97 Å². The predicted octanol–water partition coefficient (Wildman–Crippen LogP) is 2.58. The average Bonchev–Trinajstić information content (AvgIpc) is 2.57. The summed E-state index contributed by atoms with van der Waals surface area (Å²) in [4.78, 5) is 14.7. The molecule has 0 aliphatic rings. The second kappa shape index (κ2) is 4.39. The molecule has 0 spiro atoms. The van der Waals surface area contributed by atoms with Crippen molar-refractivity contribution in [2.24, 2.45) is 0 Å². The zero-order chi connectivity index (χ0) is 11.5. The van der Waals surface area contributed by atoms with Crippen molar-refractivity contribution in [3.05, 3.63) is 35.5 Å². The molecule has 1 aromatic heterocycles. The van der Waals surface area contributed by atoms with Crippen molar-refractivity contribution < 1.29 is 9.53 Å². The normalized spacial score (nSPS) is 10.6. The molecule has 0 radical (unpaired) electrons. The summed E-state index contributed by atoms with van der Waals surface area (Å²) >= 11 is 0. The van der Waals surface area contributed by atoms with Crippen molar-refractivity contribution in [2.75, 3.05) is 6.61 Å². The summed E-state index contributed by atoms with van der Waals surface area (Å²) in [6.45, 7) is 4.27. The van der Waals surface area contributed by atoms with Crippen LogP contribution in [0.1, 0.15) is 18.2 Å². The average molecular weight is 217 g/mol. The van der Waals surface area contributed by atoms with Gasteiger partial charge in [0.15, 0.2) is 0 Å². The molecule has 0 aliphatic heterocycles. The zero-order valence-corrected chi connectivity index (χ0v) is 9.54. The van der Waals surface area contributed by atoms with Gasteiger partial charge in [-0.1, -0.05) is 18.2 Å². The summed E-state index contributed by atoms with van der Waals surface area (Å²) in [5, 5.41) is 1.17. The second-order valence-electron chi connectivity index (χ2n) is 3.76. The van der Waals surface area contributed by atoms with Crippen molar-refractivity contribution >= 4 is 16.9 Å². The van der Waals surface area contributed by atoms with Gasteiger partial charge in [0, 0.05) is 16.6 Å². The zero-order valence-electron chi connectivity index (χ0n) is 9.54. The van der Waals surface area contributed by atoms with Gasteiger partial charge in [-0.05, 0) is 25.5 Å². The Bertz CT molecular complexity index is 514. The third kappa shape index (κ3) is 1.94. The number of aryl methyl sites for hydroxylation is 1. The van der Waals surface area contributed by atoms with Crippen LogP contribution in [-0.2, 0) is 16.0 Å². The molecule has 0 fully saturated rings. The number of rotatable bonds is 3. The summed E-state index contributed by atoms with van der Waals surface area (Å²) in [6.07, 6.45) is 0.314. The van der Waals surface area contributed by atoms with E-state index in [4.69, 9.17) is 4.74 Å². The maximum Gasteiger partial charge on any atom is 0.311 e. The van der Waals surface area contributed by atoms with Crippen LogP contribution in [0.25, 0.3) is 10.9 Å². The van der Waals surface area contributed by atoms with E-state index >= 15 is 0 Å². The van der Waals surface area contributed by atoms with Crippen molar-refractivity contribution in [3.63, 3.8) is 0 Å². The summed E-state index contributed by atoms with van der Waals surface area (Å²) < 4.78 is 4.94. The van der Waals surface area contributed by atoms with Gasteiger partial charge < -0.3 is 9.72 Å². The molecule has 0 saturated carbocycles. The minimum absolute atomic E-state index is 0.183. The number of para-hydroxylation sites is 1. The fraction of sp³-hybridized carbons (Fsp3) is 0.308. The van der Waals surface area contributed by atoms with Crippen molar-refractivity contribution in [3.8, 4) is 0 Å². The number of esters is 1. The molecule has 1 aromatic carbocycles. The molecule has 0 atom stereocenters. The number of ether oxygens (including phenoxy) is 1. The van der Waals surface area contributed by atoms with Crippen LogP contribution in [0.4, 0.5) is 0 Å². The van der Waals surface area contributed by atoms with Gasteiger partial charge in [0.1, 0.15) is 0 Å². The Labute approximate surface area is 94.4 Å². The number of carbonyl (C=O) groups excluding carboxylic acids is 1. The molecule has 16 heavy (non-hydrogen) atoms. The number of aromatic amines is 1. The van der Waals surface area contributed by atoms with Gasteiger partial charge in [0.2, 0.25) is 0 Å². The van der Waals surface area contributed by atoms with Crippen LogP contribution < -0.4 is 0 Å². The summed E-state index contributed by atoms with van der Waals surface area (Å²) in [5.41, 5.74) is 3.14. The second-order valence-corrected chi connectivity index (χ2v) is 3.76. The van der Waals surface area contributed by atoms with Gasteiger partial charge in [-0.25, -0.2) is 0 Å². The fourth-order valence-electron chi connectivity index (χ4n) is 1.87. The number of aromatic nitrogens is 1. The molecule has 0 bridgehead atoms. The maximum absolute atomic E-state index is 11.4. The highest BCUT2D eigenvalue weighted by molar-refractivity contribution is 5.86. The van der Waals surface area contributed by atoms with Crippen LogP contribution >= 0.6 is 0 Å². The van der Waals surface area contributed by atoms with E-state index in [0.29, 0.717) is 13.0 Å². The molecule has 2 rings (SSSR count). The predicted molar refractivity (Wildman–Crippen MR) is 63.4 cm³/mol. The van der Waals surface area contributed by atoms with E-state index in [1.54, 1.807) is 0 Å². The van der Waals surface area contributed by atoms with Crippen LogP contribution in [0.5, 0.6) is 0 Å². The first kappa shape index (κ1) is 10.7. The topological polar surface area (TPSA) is 42.1 Å². The number of fused-ring (bicyclic) bond motifs is 1. The number of carbonyl (C=O) groups is 1. The molecular formula is C13H15NO2. The van der Waals surface area contributed by atoms with E-state index in [1.807, 2.05) is 32.0 Å². The van der Waals surface area contributed by atoms with Crippen molar-refractivity contribution in [1.82, 2.24) is 4.98 Å². The maximum atomic E-state index is 11.4. The van der Waals surface area contributed by atoms with E-state index in [0.717, 1.165) is 16.8 Å². The lowest BCUT2D eigenvalue weighted by molar-refractivity contribution is -0.142. The van der Waals surface area contributed by atoms with Crippen molar-refractivity contribution in [1.29, 1.82) is 0 Å². The van der Waals surface area contributed by atoms with E-state index in [1.165, 1.54) is 5.39 Å². The first-order valence-corrected chi connectivity index (χ1v) is 5.44. The Morgan fingerprint density at radius 1 is 1.38 bits per heavy atom. The Balaban J connectivity index is 2.31. The molecule has 2 aromatic rings. The molecule has 0 amide bonds. The fourth-order valence-corrected chi connectivity index (χ4v) is 1.87. The smallest absolute Gasteiger partial charge is 0.311 e. The quantitative estimate of drug-likeness (QED) is 0.803. The lowest BCUT2D eigenvalue weighted by atomic mass is 10.1. The molecule has 0 saturated heterocycles. The highest BCUT2D eigenvalue weighted by Crippen LogP contribution is 2.21. The Morgan fingerprint density at radius 3 is 2.81 bits per heavy atom. The number of hydrogen-bond acceptors (Lipinski definition) is 2. The monoisotopic (exact) mass is 217 g/mol. The van der Waals surface area contributed by atoms with Crippen LogP contribution in [0.2, 0.25) is 0 Å². The van der Waals surface area contributed by atoms with Crippen molar-refractivity contribution in [2.45, 2.75) is 20.3 Å². The summed E-state index contributed by atoms with van der Waals surface area (Å²) in [5.74, 6) is -0.183. The third-order valence-electron chi connectivity index (χ3n) is 2.70. The molecule has 1 heterocycles. The molecular weight excluding hydrogens is 202 g/mol. The summed E-state index contributed by atoms with van der Waals surface area (Å²) in [6, 6.07) is 8.04. The number of nitrogens with one attached hydrogen (secondary N) is 1. The number of benzene rings is 1. The largest absolute Gasteiger partial charge is 0.466 e. The minimum Gasteiger partial charge on any atom is -0.466 e. The van der Waals surface area contributed by atoms with Gasteiger partial charge in [-0.15, -0.1) is 0 Å². The van der Waals surface area contributed by atoms with Crippen LogP contribution in [0.15, 0.2) is 24.3 Å². The van der Waals surface area contributed by atoms with Crippen LogP contribution in [0, 0.1) is 6.92 Å². The molecule has 3 nitrogen and oxygen atoms in total. The number of hydrogen-bond donors (Lipinski definition) is 1. The highest BCUT2D eigenvalue weighted by atomic mass is 16.5. The molecule has 1 N–H and O–H groups in total. The molecule has 3 heteroatoms. The molecule has 84 valence electrons. The van der Waals surface area contributed by atoms with E-state index in [2.05, 4.69) is 11.1 Å². The first-order valence-electron chi connectivity index (χ1n) is 5.44. The SMILES string of the molecule is CCOC(=O)Cc1[nH]c2ccccc2c1C. The third-order valence-corrected chi connectivity index (χ3v) is 2.70. The Hall–Kier alpha value is -1.77. The first-order chi connectivity index (χ1) is 7.72.